The first-order chi connectivity index (χ1) is 41.7. The number of fused-ring (bicyclic) bond motifs is 12. The van der Waals surface area contributed by atoms with Crippen molar-refractivity contribution in [2.75, 3.05) is 0 Å². The summed E-state index contributed by atoms with van der Waals surface area (Å²) in [5.74, 6) is 1.50. The Labute approximate surface area is 519 Å². The van der Waals surface area contributed by atoms with Gasteiger partial charge < -0.3 is 9.13 Å². The van der Waals surface area contributed by atoms with Crippen LogP contribution in [0.2, 0.25) is 0 Å². The smallest absolute Gasteiger partial charge is 0.358 e. The standard InChI is InChI=1S/2C35H21N7.2Pt/c1-4-14-31-29(13-1)30-18-17-25(39-20-8-19-36-39)22-34(30)41(31)26-10-7-9-24(21-26)40-23-35(37-38-40)42-32-15-5-2-11-27(32)28-12-3-6-16-33(28)42;1-4-14-31-29(13-1)30-18-17-25(22-34(30)41(31)26-10-7-9-24(21-26)39-20-8-19-36-39)40-23-35(37-38-40)42-32-15-5-2-11-27(32)28-12-3-6-16-33(28)42;;/h2*1-20,23H;;/q2*-2;2*+2. The van der Waals surface area contributed by atoms with E-state index in [1.807, 2.05) is 76.6 Å². The summed E-state index contributed by atoms with van der Waals surface area (Å²) < 4.78 is 16.0. The molecule has 86 heavy (non-hydrogen) atoms. The van der Waals surface area contributed by atoms with Crippen molar-refractivity contribution in [2.45, 2.75) is 0 Å². The average Bonchev–Trinajstić information content (AvgIpc) is 1.84. The van der Waals surface area contributed by atoms with Gasteiger partial charge in [0.05, 0.1) is 34.5 Å². The molecule has 0 unspecified atom stereocenters. The van der Waals surface area contributed by atoms with Gasteiger partial charge in [0.2, 0.25) is 0 Å². The van der Waals surface area contributed by atoms with Crippen LogP contribution in [0.25, 0.3) is 133 Å². The van der Waals surface area contributed by atoms with Gasteiger partial charge in [-0.1, -0.05) is 142 Å². The normalized spacial score (nSPS) is 11.5. The van der Waals surface area contributed by atoms with Crippen LogP contribution < -0.4 is 0 Å². The summed E-state index contributed by atoms with van der Waals surface area (Å²) in [6, 6.07) is 89.2. The van der Waals surface area contributed by atoms with E-state index in [1.54, 1.807) is 21.8 Å². The molecule has 0 aliphatic carbocycles. The largest absolute Gasteiger partial charge is 2.00 e. The van der Waals surface area contributed by atoms with Crippen LogP contribution in [0.3, 0.4) is 0 Å². The number of para-hydroxylation sites is 6. The molecule has 8 aromatic heterocycles. The Kier molecular flexibility index (Phi) is 12.9. The average molecular weight is 1470 g/mol. The van der Waals surface area contributed by atoms with Gasteiger partial charge in [-0.2, -0.15) is 34.5 Å². The maximum atomic E-state index is 4.61. The van der Waals surface area contributed by atoms with Crippen LogP contribution in [-0.4, -0.2) is 67.8 Å². The molecule has 0 aliphatic heterocycles. The monoisotopic (exact) mass is 1470 g/mol. The Bertz CT molecular complexity index is 5440. The van der Waals surface area contributed by atoms with Crippen molar-refractivity contribution in [1.82, 2.24) is 67.8 Å². The van der Waals surface area contributed by atoms with Gasteiger partial charge >= 0.3 is 42.1 Å². The van der Waals surface area contributed by atoms with Gasteiger partial charge in [-0.15, -0.1) is 81.6 Å². The van der Waals surface area contributed by atoms with E-state index in [4.69, 9.17) is 0 Å². The second-order valence-corrected chi connectivity index (χ2v) is 20.4. The molecular formula is C70H42N14Pt2. The molecule has 10 aromatic carbocycles. The minimum absolute atomic E-state index is 0. The second-order valence-electron chi connectivity index (χ2n) is 20.4. The molecule has 0 amide bonds. The first kappa shape index (κ1) is 52.3. The van der Waals surface area contributed by atoms with Crippen LogP contribution in [0.1, 0.15) is 0 Å². The Balaban J connectivity index is 0.000000142. The zero-order valence-corrected chi connectivity index (χ0v) is 49.7. The van der Waals surface area contributed by atoms with Crippen molar-refractivity contribution >= 4 is 87.2 Å². The number of aromatic nitrogens is 14. The van der Waals surface area contributed by atoms with E-state index in [0.717, 1.165) is 111 Å². The zero-order valence-electron chi connectivity index (χ0n) is 45.1. The fourth-order valence-corrected chi connectivity index (χ4v) is 12.1. The van der Waals surface area contributed by atoms with E-state index in [-0.39, 0.29) is 42.1 Å². The first-order valence-electron chi connectivity index (χ1n) is 27.5. The summed E-state index contributed by atoms with van der Waals surface area (Å²) in [6.45, 7) is 0. The third-order valence-corrected chi connectivity index (χ3v) is 15.7. The number of benzene rings is 10. The predicted octanol–water partition coefficient (Wildman–Crippen LogP) is 14.5. The molecule has 0 saturated heterocycles. The molecule has 18 aromatic rings. The Morgan fingerprint density at radius 2 is 0.570 bits per heavy atom. The molecule has 0 N–H and O–H groups in total. The molecule has 16 heteroatoms. The van der Waals surface area contributed by atoms with Crippen molar-refractivity contribution in [3.63, 3.8) is 0 Å². The van der Waals surface area contributed by atoms with E-state index < -0.39 is 0 Å². The number of rotatable bonds is 8. The molecule has 8 heterocycles. The van der Waals surface area contributed by atoms with Crippen molar-refractivity contribution in [3.05, 3.63) is 280 Å². The topological polar surface area (TPSA) is 117 Å². The van der Waals surface area contributed by atoms with Gasteiger partial charge in [0.25, 0.3) is 0 Å². The van der Waals surface area contributed by atoms with Crippen molar-refractivity contribution in [3.8, 4) is 45.8 Å². The fourth-order valence-electron chi connectivity index (χ4n) is 12.1. The molecule has 0 radical (unpaired) electrons. The molecule has 0 atom stereocenters. The van der Waals surface area contributed by atoms with Gasteiger partial charge in [-0.3, -0.25) is 18.5 Å². The van der Waals surface area contributed by atoms with Crippen LogP contribution >= 0.6 is 0 Å². The summed E-state index contributed by atoms with van der Waals surface area (Å²) >= 11 is 0. The molecule has 14 nitrogen and oxygen atoms in total. The molecule has 0 spiro atoms. The molecule has 0 saturated carbocycles. The van der Waals surface area contributed by atoms with Gasteiger partial charge in [-0.25, -0.2) is 9.36 Å². The summed E-state index contributed by atoms with van der Waals surface area (Å²) in [5, 5.41) is 36.4. The van der Waals surface area contributed by atoms with Gasteiger partial charge in [0, 0.05) is 57.4 Å². The summed E-state index contributed by atoms with van der Waals surface area (Å²) in [4.78, 5) is 0. The summed E-state index contributed by atoms with van der Waals surface area (Å²) in [6.07, 6.45) is 11.3. The molecule has 0 fully saturated rings. The first-order valence-corrected chi connectivity index (χ1v) is 27.5. The van der Waals surface area contributed by atoms with Crippen LogP contribution in [0, 0.1) is 24.3 Å². The summed E-state index contributed by atoms with van der Waals surface area (Å²) in [7, 11) is 0. The molecule has 0 bridgehead atoms. The van der Waals surface area contributed by atoms with Gasteiger partial charge in [0.1, 0.15) is 0 Å². The second kappa shape index (κ2) is 21.3. The van der Waals surface area contributed by atoms with Gasteiger partial charge in [0.15, 0.2) is 11.6 Å². The summed E-state index contributed by atoms with van der Waals surface area (Å²) in [5.41, 5.74) is 13.6. The van der Waals surface area contributed by atoms with Gasteiger partial charge in [-0.05, 0) is 82.1 Å². The Morgan fingerprint density at radius 3 is 0.942 bits per heavy atom. The van der Waals surface area contributed by atoms with Crippen LogP contribution in [0.4, 0.5) is 0 Å². The van der Waals surface area contributed by atoms with E-state index in [0.29, 0.717) is 0 Å². The van der Waals surface area contributed by atoms with Crippen LogP contribution in [0.5, 0.6) is 0 Å². The van der Waals surface area contributed by atoms with E-state index in [2.05, 4.69) is 249 Å². The van der Waals surface area contributed by atoms with Crippen LogP contribution in [-0.2, 0) is 42.1 Å². The number of hydrogen-bond acceptors (Lipinski definition) is 6. The fraction of sp³-hybridized carbons (Fsp3) is 0. The Hall–Kier alpha value is -10.5. The Morgan fingerprint density at radius 1 is 0.256 bits per heavy atom. The van der Waals surface area contributed by atoms with Crippen molar-refractivity contribution in [2.24, 2.45) is 0 Å². The minimum atomic E-state index is 0. The maximum absolute atomic E-state index is 4.61. The third-order valence-electron chi connectivity index (χ3n) is 15.7. The van der Waals surface area contributed by atoms with E-state index >= 15 is 0 Å². The van der Waals surface area contributed by atoms with Crippen molar-refractivity contribution < 1.29 is 42.1 Å². The molecular weight excluding hydrogens is 1430 g/mol. The van der Waals surface area contributed by atoms with E-state index in [1.165, 1.54) is 21.5 Å². The third kappa shape index (κ3) is 8.47. The quantitative estimate of drug-likeness (QED) is 0.140. The molecule has 18 rings (SSSR count). The molecule has 0 aliphatic rings. The van der Waals surface area contributed by atoms with E-state index in [9.17, 15) is 0 Å². The minimum Gasteiger partial charge on any atom is -0.358 e. The molecule has 412 valence electrons. The van der Waals surface area contributed by atoms with Crippen LogP contribution in [0.15, 0.2) is 256 Å². The van der Waals surface area contributed by atoms with Crippen molar-refractivity contribution in [1.29, 1.82) is 0 Å². The SMILES string of the molecule is [Pt+2].[Pt+2].[c-]1c(-n2cc(-n3c4ccccc4c4ccccc43)nn2)cccc1-n1c2[c-]c(-n3cccn3)ccc2c2ccccc21.[c-]1c(-n2cccn2)cccc1-n1c2[c-]c(-n3cc(-n4c5ccccc5c5ccccc54)nn3)ccc2c2ccccc21. The maximum Gasteiger partial charge on any atom is 2.00 e. The number of hydrogen-bond donors (Lipinski definition) is 0. The predicted molar refractivity (Wildman–Crippen MR) is 330 cm³/mol. The zero-order chi connectivity index (χ0) is 55.2. The number of nitrogens with zero attached hydrogens (tertiary/aromatic N) is 14.